The van der Waals surface area contributed by atoms with Gasteiger partial charge in [-0.1, -0.05) is 17.4 Å². The third-order valence-corrected chi connectivity index (χ3v) is 7.43. The van der Waals surface area contributed by atoms with E-state index in [1.165, 1.54) is 23.5 Å². The highest BCUT2D eigenvalue weighted by Crippen LogP contribution is 2.33. The standard InChI is InChI=1S/C25H27FN4O3S/c1-17-2-7-21-22(14-17)34-25(27-21)29(9-8-28-10-12-33-13-11-28)24(32)18-15-23(31)30(16-18)20-5-3-19(26)4-6-20/h2-7,14,18H,8-13,15-16H2,1H3. The van der Waals surface area contributed by atoms with Crippen LogP contribution in [0.3, 0.4) is 0 Å². The number of anilines is 2. The van der Waals surface area contributed by atoms with Gasteiger partial charge < -0.3 is 9.64 Å². The number of rotatable bonds is 6. The fraction of sp³-hybridized carbons (Fsp3) is 0.400. The van der Waals surface area contributed by atoms with E-state index in [1.807, 2.05) is 19.1 Å². The number of nitrogens with zero attached hydrogens (tertiary/aromatic N) is 4. The normalized spacial score (nSPS) is 19.2. The van der Waals surface area contributed by atoms with Crippen molar-refractivity contribution in [3.05, 3.63) is 53.8 Å². The number of carbonyl (C=O) groups excluding carboxylic acids is 2. The molecule has 2 saturated heterocycles. The fourth-order valence-corrected chi connectivity index (χ4v) is 5.56. The summed E-state index contributed by atoms with van der Waals surface area (Å²) in [7, 11) is 0. The van der Waals surface area contributed by atoms with E-state index in [0.29, 0.717) is 37.1 Å². The SMILES string of the molecule is Cc1ccc2nc(N(CCN3CCOCC3)C(=O)C3CC(=O)N(c4ccc(F)cc4)C3)sc2c1. The molecule has 1 atom stereocenters. The number of halogens is 1. The highest BCUT2D eigenvalue weighted by atomic mass is 32.1. The molecule has 2 aliphatic rings. The molecule has 0 aliphatic carbocycles. The maximum atomic E-state index is 13.7. The predicted molar refractivity (Wildman–Crippen MR) is 131 cm³/mol. The highest BCUT2D eigenvalue weighted by molar-refractivity contribution is 7.22. The van der Waals surface area contributed by atoms with Gasteiger partial charge in [0.15, 0.2) is 5.13 Å². The Bertz CT molecular complexity index is 1190. The van der Waals surface area contributed by atoms with Crippen LogP contribution in [-0.2, 0) is 14.3 Å². The first-order chi connectivity index (χ1) is 16.5. The Hall–Kier alpha value is -2.88. The maximum absolute atomic E-state index is 13.7. The number of hydrogen-bond acceptors (Lipinski definition) is 6. The van der Waals surface area contributed by atoms with Crippen molar-refractivity contribution in [1.82, 2.24) is 9.88 Å². The summed E-state index contributed by atoms with van der Waals surface area (Å²) in [6, 6.07) is 11.9. The minimum absolute atomic E-state index is 0.0954. The van der Waals surface area contributed by atoms with Gasteiger partial charge in [-0.15, -0.1) is 0 Å². The smallest absolute Gasteiger partial charge is 0.234 e. The van der Waals surface area contributed by atoms with Crippen molar-refractivity contribution in [2.45, 2.75) is 13.3 Å². The van der Waals surface area contributed by atoms with E-state index in [2.05, 4.69) is 11.0 Å². The molecule has 5 rings (SSSR count). The lowest BCUT2D eigenvalue weighted by Crippen LogP contribution is -2.45. The van der Waals surface area contributed by atoms with Gasteiger partial charge in [0.2, 0.25) is 11.8 Å². The van der Waals surface area contributed by atoms with Crippen molar-refractivity contribution in [2.24, 2.45) is 5.92 Å². The van der Waals surface area contributed by atoms with Gasteiger partial charge in [-0.25, -0.2) is 9.37 Å². The summed E-state index contributed by atoms with van der Waals surface area (Å²) in [5.74, 6) is -1.06. The maximum Gasteiger partial charge on any atom is 0.234 e. The first-order valence-electron chi connectivity index (χ1n) is 11.5. The second-order valence-electron chi connectivity index (χ2n) is 8.79. The molecule has 34 heavy (non-hydrogen) atoms. The van der Waals surface area contributed by atoms with Crippen LogP contribution in [0, 0.1) is 18.7 Å². The molecule has 0 spiro atoms. The quantitative estimate of drug-likeness (QED) is 0.538. The van der Waals surface area contributed by atoms with Gasteiger partial charge in [-0.3, -0.25) is 19.4 Å². The number of hydrogen-bond donors (Lipinski definition) is 0. The van der Waals surface area contributed by atoms with Gasteiger partial charge in [-0.05, 0) is 48.9 Å². The number of morpholine rings is 1. The van der Waals surface area contributed by atoms with Crippen LogP contribution in [0.4, 0.5) is 15.2 Å². The van der Waals surface area contributed by atoms with Gasteiger partial charge in [0.25, 0.3) is 0 Å². The molecular formula is C25H27FN4O3S. The average molecular weight is 483 g/mol. The van der Waals surface area contributed by atoms with Crippen LogP contribution in [-0.4, -0.2) is 67.6 Å². The highest BCUT2D eigenvalue weighted by Gasteiger charge is 2.38. The molecule has 1 aromatic heterocycles. The molecule has 0 N–H and O–H groups in total. The van der Waals surface area contributed by atoms with Crippen molar-refractivity contribution >= 4 is 44.2 Å². The largest absolute Gasteiger partial charge is 0.379 e. The molecule has 3 aromatic rings. The summed E-state index contributed by atoms with van der Waals surface area (Å²) >= 11 is 1.50. The zero-order valence-electron chi connectivity index (χ0n) is 19.1. The Kier molecular flexibility index (Phi) is 6.58. The first kappa shape index (κ1) is 22.9. The third kappa shape index (κ3) is 4.82. The monoisotopic (exact) mass is 482 g/mol. The minimum atomic E-state index is -0.476. The van der Waals surface area contributed by atoms with Crippen LogP contribution in [0.1, 0.15) is 12.0 Å². The Morgan fingerprint density at radius 2 is 1.97 bits per heavy atom. The topological polar surface area (TPSA) is 66.0 Å². The molecule has 0 saturated carbocycles. The van der Waals surface area contributed by atoms with Crippen molar-refractivity contribution in [2.75, 3.05) is 55.7 Å². The summed E-state index contributed by atoms with van der Waals surface area (Å²) in [5.41, 5.74) is 2.62. The molecule has 3 heterocycles. The van der Waals surface area contributed by atoms with Crippen molar-refractivity contribution < 1.29 is 18.7 Å². The lowest BCUT2D eigenvalue weighted by atomic mass is 10.1. The van der Waals surface area contributed by atoms with Gasteiger partial charge >= 0.3 is 0 Å². The van der Waals surface area contributed by atoms with Crippen LogP contribution >= 0.6 is 11.3 Å². The third-order valence-electron chi connectivity index (χ3n) is 6.39. The molecule has 2 aliphatic heterocycles. The zero-order chi connectivity index (χ0) is 23.7. The van der Waals surface area contributed by atoms with E-state index in [4.69, 9.17) is 9.72 Å². The predicted octanol–water partition coefficient (Wildman–Crippen LogP) is 3.46. The number of amides is 2. The van der Waals surface area contributed by atoms with Gasteiger partial charge in [-0.2, -0.15) is 0 Å². The molecular weight excluding hydrogens is 455 g/mol. The van der Waals surface area contributed by atoms with E-state index >= 15 is 0 Å². The molecule has 2 amide bonds. The molecule has 0 radical (unpaired) electrons. The molecule has 9 heteroatoms. The Labute approximate surface area is 201 Å². The Morgan fingerprint density at radius 3 is 2.74 bits per heavy atom. The van der Waals surface area contributed by atoms with Crippen LogP contribution < -0.4 is 9.80 Å². The van der Waals surface area contributed by atoms with Crippen molar-refractivity contribution in [1.29, 1.82) is 0 Å². The molecule has 0 bridgehead atoms. The molecule has 178 valence electrons. The first-order valence-corrected chi connectivity index (χ1v) is 12.3. The lowest BCUT2D eigenvalue weighted by Gasteiger charge is -2.30. The number of thiazole rings is 1. The van der Waals surface area contributed by atoms with Gasteiger partial charge in [0.05, 0.1) is 29.3 Å². The average Bonchev–Trinajstić information content (AvgIpc) is 3.43. The molecule has 2 aromatic carbocycles. The van der Waals surface area contributed by atoms with Gasteiger partial charge in [0.1, 0.15) is 5.82 Å². The molecule has 1 unspecified atom stereocenters. The second-order valence-corrected chi connectivity index (χ2v) is 9.80. The summed E-state index contributed by atoms with van der Waals surface area (Å²) < 4.78 is 19.8. The van der Waals surface area contributed by atoms with Crippen molar-refractivity contribution in [3.8, 4) is 0 Å². The fourth-order valence-electron chi connectivity index (χ4n) is 4.47. The van der Waals surface area contributed by atoms with E-state index < -0.39 is 5.92 Å². The number of carbonyl (C=O) groups is 2. The summed E-state index contributed by atoms with van der Waals surface area (Å²) in [6.45, 7) is 6.58. The number of aromatic nitrogens is 1. The molecule has 2 fully saturated rings. The molecule has 7 nitrogen and oxygen atoms in total. The van der Waals surface area contributed by atoms with Crippen LogP contribution in [0.2, 0.25) is 0 Å². The van der Waals surface area contributed by atoms with E-state index in [1.54, 1.807) is 21.9 Å². The Balaban J connectivity index is 1.38. The van der Waals surface area contributed by atoms with Crippen LogP contribution in [0.25, 0.3) is 10.2 Å². The number of fused-ring (bicyclic) bond motifs is 1. The number of benzene rings is 2. The van der Waals surface area contributed by atoms with Crippen molar-refractivity contribution in [3.63, 3.8) is 0 Å². The summed E-state index contributed by atoms with van der Waals surface area (Å²) in [5, 5.41) is 0.659. The van der Waals surface area contributed by atoms with E-state index in [0.717, 1.165) is 28.9 Å². The second kappa shape index (κ2) is 9.77. The lowest BCUT2D eigenvalue weighted by molar-refractivity contribution is -0.124. The van der Waals surface area contributed by atoms with E-state index in [-0.39, 0.29) is 30.6 Å². The summed E-state index contributed by atoms with van der Waals surface area (Å²) in [4.78, 5) is 36.9. The number of ether oxygens (including phenoxy) is 1. The minimum Gasteiger partial charge on any atom is -0.379 e. The van der Waals surface area contributed by atoms with Gasteiger partial charge in [0, 0.05) is 44.8 Å². The van der Waals surface area contributed by atoms with Crippen LogP contribution in [0.15, 0.2) is 42.5 Å². The number of aryl methyl sites for hydroxylation is 1. The van der Waals surface area contributed by atoms with Crippen LogP contribution in [0.5, 0.6) is 0 Å². The van der Waals surface area contributed by atoms with E-state index in [9.17, 15) is 14.0 Å². The zero-order valence-corrected chi connectivity index (χ0v) is 19.9. The summed E-state index contributed by atoms with van der Waals surface area (Å²) in [6.07, 6.45) is 0.133. The Morgan fingerprint density at radius 1 is 1.21 bits per heavy atom.